The third kappa shape index (κ3) is 2.24. The molecule has 92 valence electrons. The highest BCUT2D eigenvalue weighted by molar-refractivity contribution is 14.1. The van der Waals surface area contributed by atoms with Gasteiger partial charge in [0.1, 0.15) is 0 Å². The van der Waals surface area contributed by atoms with E-state index in [-0.39, 0.29) is 0 Å². The van der Waals surface area contributed by atoms with E-state index in [4.69, 9.17) is 12.2 Å². The van der Waals surface area contributed by atoms with Gasteiger partial charge >= 0.3 is 0 Å². The van der Waals surface area contributed by atoms with Crippen LogP contribution in [0.3, 0.4) is 0 Å². The maximum atomic E-state index is 5.39. The fourth-order valence-electron chi connectivity index (χ4n) is 1.93. The average molecular weight is 387 g/mol. The number of aromatic nitrogens is 3. The normalized spacial score (nSPS) is 11.2. The van der Waals surface area contributed by atoms with Gasteiger partial charge in [0.15, 0.2) is 4.77 Å². The van der Waals surface area contributed by atoms with Crippen molar-refractivity contribution in [2.45, 2.75) is 13.5 Å². The van der Waals surface area contributed by atoms with Crippen molar-refractivity contribution in [1.29, 1.82) is 0 Å². The van der Waals surface area contributed by atoms with Crippen LogP contribution in [0.15, 0.2) is 24.4 Å². The molecule has 0 saturated carbocycles. The summed E-state index contributed by atoms with van der Waals surface area (Å²) in [5.41, 5.74) is 2.24. The Hall–Kier alpha value is -0.730. The molecule has 0 unspecified atom stereocenters. The Morgan fingerprint density at radius 1 is 1.50 bits per heavy atom. The molecule has 0 radical (unpaired) electrons. The van der Waals surface area contributed by atoms with E-state index in [0.717, 1.165) is 27.4 Å². The van der Waals surface area contributed by atoms with Gasteiger partial charge in [0.05, 0.1) is 22.6 Å². The number of nitrogens with one attached hydrogen (secondary N) is 1. The van der Waals surface area contributed by atoms with Crippen molar-refractivity contribution in [2.75, 3.05) is 0 Å². The number of thiazole rings is 1. The van der Waals surface area contributed by atoms with E-state index in [1.165, 1.54) is 8.45 Å². The average Bonchev–Trinajstić information content (AvgIpc) is 2.84. The van der Waals surface area contributed by atoms with E-state index < -0.39 is 0 Å². The summed E-state index contributed by atoms with van der Waals surface area (Å²) in [6, 6.07) is 6.32. The first-order chi connectivity index (χ1) is 8.63. The Morgan fingerprint density at radius 3 is 3.06 bits per heavy atom. The van der Waals surface area contributed by atoms with Crippen molar-refractivity contribution in [3.8, 4) is 0 Å². The molecule has 3 aromatic rings. The monoisotopic (exact) mass is 387 g/mol. The number of aromatic amines is 1. The van der Waals surface area contributed by atoms with Crippen LogP contribution in [0.4, 0.5) is 0 Å². The highest BCUT2D eigenvalue weighted by Gasteiger charge is 2.07. The minimum Gasteiger partial charge on any atom is -0.331 e. The Balaban J connectivity index is 2.11. The second kappa shape index (κ2) is 4.75. The molecule has 1 aromatic carbocycles. The van der Waals surface area contributed by atoms with Gasteiger partial charge in [-0.15, -0.1) is 11.3 Å². The topological polar surface area (TPSA) is 33.6 Å². The van der Waals surface area contributed by atoms with Gasteiger partial charge in [0, 0.05) is 14.6 Å². The van der Waals surface area contributed by atoms with Crippen LogP contribution in [0.2, 0.25) is 0 Å². The van der Waals surface area contributed by atoms with Crippen molar-refractivity contribution in [3.05, 3.63) is 42.6 Å². The summed E-state index contributed by atoms with van der Waals surface area (Å²) in [4.78, 5) is 8.76. The van der Waals surface area contributed by atoms with Crippen LogP contribution < -0.4 is 0 Å². The molecule has 0 spiro atoms. The SMILES string of the molecule is Cc1ncc(Cn2c(=S)[nH]c3cc(I)ccc32)s1. The molecule has 6 heteroatoms. The van der Waals surface area contributed by atoms with E-state index >= 15 is 0 Å². The second-order valence-electron chi connectivity index (χ2n) is 4.02. The molecule has 0 bridgehead atoms. The fourth-order valence-corrected chi connectivity index (χ4v) is 3.48. The molecule has 0 aliphatic rings. The number of nitrogens with zero attached hydrogens (tertiary/aromatic N) is 2. The van der Waals surface area contributed by atoms with Gasteiger partial charge in [-0.25, -0.2) is 4.98 Å². The first-order valence-electron chi connectivity index (χ1n) is 5.43. The Kier molecular flexibility index (Phi) is 3.25. The van der Waals surface area contributed by atoms with E-state index in [0.29, 0.717) is 0 Å². The van der Waals surface area contributed by atoms with E-state index in [2.05, 4.69) is 55.3 Å². The Bertz CT molecular complexity index is 769. The van der Waals surface area contributed by atoms with Crippen molar-refractivity contribution in [2.24, 2.45) is 0 Å². The van der Waals surface area contributed by atoms with Gasteiger partial charge in [-0.1, -0.05) is 0 Å². The predicted octanol–water partition coefficient (Wildman–Crippen LogP) is 4.12. The largest absolute Gasteiger partial charge is 0.331 e. The Morgan fingerprint density at radius 2 is 2.33 bits per heavy atom. The zero-order valence-corrected chi connectivity index (χ0v) is 13.4. The van der Waals surface area contributed by atoms with Gasteiger partial charge in [-0.2, -0.15) is 0 Å². The summed E-state index contributed by atoms with van der Waals surface area (Å²) >= 11 is 9.41. The lowest BCUT2D eigenvalue weighted by atomic mass is 10.3. The third-order valence-electron chi connectivity index (χ3n) is 2.72. The molecular formula is C12H10IN3S2. The maximum absolute atomic E-state index is 5.39. The number of imidazole rings is 1. The molecule has 0 atom stereocenters. The summed E-state index contributed by atoms with van der Waals surface area (Å²) in [6.07, 6.45) is 1.92. The lowest BCUT2D eigenvalue weighted by Gasteiger charge is -2.01. The number of H-pyrrole nitrogens is 1. The molecule has 2 heterocycles. The fraction of sp³-hybridized carbons (Fsp3) is 0.167. The summed E-state index contributed by atoms with van der Waals surface area (Å²) in [5.74, 6) is 0. The van der Waals surface area contributed by atoms with Gasteiger partial charge in [-0.05, 0) is 59.9 Å². The lowest BCUT2D eigenvalue weighted by Crippen LogP contribution is -1.97. The van der Waals surface area contributed by atoms with Gasteiger partial charge in [0.2, 0.25) is 0 Å². The standard InChI is InChI=1S/C12H10IN3S2/c1-7-14-5-9(18-7)6-16-11-3-2-8(13)4-10(11)15-12(16)17/h2-5H,6H2,1H3,(H,15,17). The molecular weight excluding hydrogens is 377 g/mol. The van der Waals surface area contributed by atoms with Crippen molar-refractivity contribution >= 4 is 57.2 Å². The molecule has 3 nitrogen and oxygen atoms in total. The molecule has 0 amide bonds. The number of benzene rings is 1. The molecule has 18 heavy (non-hydrogen) atoms. The van der Waals surface area contributed by atoms with Gasteiger partial charge in [-0.3, -0.25) is 0 Å². The lowest BCUT2D eigenvalue weighted by molar-refractivity contribution is 0.821. The summed E-state index contributed by atoms with van der Waals surface area (Å²) in [7, 11) is 0. The molecule has 1 N–H and O–H groups in total. The molecule has 3 rings (SSSR count). The smallest absolute Gasteiger partial charge is 0.178 e. The van der Waals surface area contributed by atoms with Gasteiger partial charge < -0.3 is 9.55 Å². The maximum Gasteiger partial charge on any atom is 0.178 e. The number of hydrogen-bond donors (Lipinski definition) is 1. The molecule has 0 saturated heterocycles. The molecule has 0 aliphatic heterocycles. The third-order valence-corrected chi connectivity index (χ3v) is 4.61. The van der Waals surface area contributed by atoms with Crippen LogP contribution in [0, 0.1) is 15.3 Å². The molecule has 0 aliphatic carbocycles. The van der Waals surface area contributed by atoms with E-state index in [1.807, 2.05) is 13.1 Å². The zero-order chi connectivity index (χ0) is 12.7. The highest BCUT2D eigenvalue weighted by atomic mass is 127. The summed E-state index contributed by atoms with van der Waals surface area (Å²) < 4.78 is 4.09. The number of aryl methyl sites for hydroxylation is 1. The van der Waals surface area contributed by atoms with E-state index in [1.54, 1.807) is 11.3 Å². The van der Waals surface area contributed by atoms with Gasteiger partial charge in [0.25, 0.3) is 0 Å². The second-order valence-corrected chi connectivity index (χ2v) is 6.98. The molecule has 2 aromatic heterocycles. The van der Waals surface area contributed by atoms with Crippen LogP contribution in [0.5, 0.6) is 0 Å². The zero-order valence-electron chi connectivity index (χ0n) is 9.61. The predicted molar refractivity (Wildman–Crippen MR) is 85.8 cm³/mol. The number of rotatable bonds is 2. The van der Waals surface area contributed by atoms with Crippen LogP contribution in [0.1, 0.15) is 9.88 Å². The first kappa shape index (κ1) is 12.3. The molecule has 0 fully saturated rings. The number of halogens is 1. The Labute approximate surface area is 127 Å². The summed E-state index contributed by atoms with van der Waals surface area (Å²) in [6.45, 7) is 2.80. The quantitative estimate of drug-likeness (QED) is 0.530. The van der Waals surface area contributed by atoms with Crippen LogP contribution in [0.25, 0.3) is 11.0 Å². The summed E-state index contributed by atoms with van der Waals surface area (Å²) in [5, 5.41) is 1.09. The van der Waals surface area contributed by atoms with Crippen molar-refractivity contribution < 1.29 is 0 Å². The number of hydrogen-bond acceptors (Lipinski definition) is 3. The van der Waals surface area contributed by atoms with Crippen molar-refractivity contribution in [3.63, 3.8) is 0 Å². The van der Waals surface area contributed by atoms with Crippen LogP contribution >= 0.6 is 46.1 Å². The number of fused-ring (bicyclic) bond motifs is 1. The van der Waals surface area contributed by atoms with Crippen LogP contribution in [-0.4, -0.2) is 14.5 Å². The van der Waals surface area contributed by atoms with Crippen molar-refractivity contribution in [1.82, 2.24) is 14.5 Å². The van der Waals surface area contributed by atoms with Crippen LogP contribution in [-0.2, 0) is 6.54 Å². The minimum atomic E-state index is 0.762. The van der Waals surface area contributed by atoms with E-state index in [9.17, 15) is 0 Å². The highest BCUT2D eigenvalue weighted by Crippen LogP contribution is 2.20. The minimum absolute atomic E-state index is 0.762. The first-order valence-corrected chi connectivity index (χ1v) is 7.73.